The van der Waals surface area contributed by atoms with E-state index >= 15 is 0 Å². The molecule has 0 aliphatic carbocycles. The fourth-order valence-electron chi connectivity index (χ4n) is 3.26. The van der Waals surface area contributed by atoms with Crippen LogP contribution in [0.15, 0.2) is 31.7 Å². The van der Waals surface area contributed by atoms with Crippen molar-refractivity contribution in [3.05, 3.63) is 12.1 Å². The van der Waals surface area contributed by atoms with Gasteiger partial charge in [0.25, 0.3) is 0 Å². The number of hydrogen-bond donors (Lipinski definition) is 2. The third-order valence-corrected chi connectivity index (χ3v) is 8.99. The summed E-state index contributed by atoms with van der Waals surface area (Å²) in [5.41, 5.74) is 8.70. The normalized spacial score (nSPS) is 13.6. The van der Waals surface area contributed by atoms with Crippen LogP contribution < -0.4 is 11.5 Å². The molecule has 32 heavy (non-hydrogen) atoms. The molecule has 1 heterocycles. The summed E-state index contributed by atoms with van der Waals surface area (Å²) in [5.74, 6) is 0. The lowest BCUT2D eigenvalue weighted by Gasteiger charge is -2.15. The highest BCUT2D eigenvalue weighted by molar-refractivity contribution is 7.92. The molecule has 2 aromatic carbocycles. The van der Waals surface area contributed by atoms with Crippen LogP contribution in [-0.2, 0) is 39.3 Å². The number of hydrogen-bond acceptors (Lipinski definition) is 12. The van der Waals surface area contributed by atoms with Crippen molar-refractivity contribution < 1.29 is 33.7 Å². The summed E-state index contributed by atoms with van der Waals surface area (Å²) in [7, 11) is -16.3. The van der Waals surface area contributed by atoms with Crippen LogP contribution in [0.4, 0.5) is 11.4 Å². The number of benzene rings is 2. The first-order chi connectivity index (χ1) is 14.2. The number of fused-ring (bicyclic) bond motifs is 2. The maximum Gasteiger partial charge on any atom is 0.179 e. The van der Waals surface area contributed by atoms with Crippen LogP contribution in [-0.4, -0.2) is 68.7 Å². The Morgan fingerprint density at radius 2 is 0.812 bits per heavy atom. The number of nitrogens with zero attached hydrogens (tertiary/aromatic N) is 2. The van der Waals surface area contributed by atoms with Gasteiger partial charge in [-0.1, -0.05) is 0 Å². The van der Waals surface area contributed by atoms with E-state index in [1.165, 1.54) is 0 Å². The quantitative estimate of drug-likeness (QED) is 0.329. The van der Waals surface area contributed by atoms with Gasteiger partial charge >= 0.3 is 0 Å². The van der Waals surface area contributed by atoms with Crippen molar-refractivity contribution in [3.8, 4) is 0 Å². The smallest absolute Gasteiger partial charge is 0.179 e. The topological polar surface area (TPSA) is 214 Å². The highest BCUT2D eigenvalue weighted by Crippen LogP contribution is 2.37. The lowest BCUT2D eigenvalue weighted by atomic mass is 10.2. The second kappa shape index (κ2) is 6.97. The summed E-state index contributed by atoms with van der Waals surface area (Å²) < 4.78 is 99.0. The Bertz CT molecular complexity index is 1640. The van der Waals surface area contributed by atoms with E-state index in [9.17, 15) is 33.7 Å². The Balaban J connectivity index is 2.88. The van der Waals surface area contributed by atoms with Gasteiger partial charge in [-0.15, -0.1) is 0 Å². The molecule has 0 saturated heterocycles. The van der Waals surface area contributed by atoms with Gasteiger partial charge in [-0.25, -0.2) is 43.6 Å². The summed E-state index contributed by atoms with van der Waals surface area (Å²) in [4.78, 5) is 5.96. The molecule has 0 unspecified atom stereocenters. The average Bonchev–Trinajstić information content (AvgIpc) is 2.54. The summed E-state index contributed by atoms with van der Waals surface area (Å²) in [5, 5.41) is 0. The fourth-order valence-corrected chi connectivity index (χ4v) is 6.89. The van der Waals surface area contributed by atoms with Crippen molar-refractivity contribution in [2.45, 2.75) is 19.6 Å². The number of nitrogens with two attached hydrogens (primary N) is 2. The molecule has 0 radical (unpaired) electrons. The minimum atomic E-state index is -4.10. The molecule has 0 saturated carbocycles. The summed E-state index contributed by atoms with van der Waals surface area (Å²) in [6.45, 7) is 0. The van der Waals surface area contributed by atoms with E-state index in [-0.39, 0.29) is 0 Å². The number of aromatic nitrogens is 2. The molecule has 0 fully saturated rings. The highest BCUT2D eigenvalue weighted by atomic mass is 32.2. The van der Waals surface area contributed by atoms with E-state index in [0.717, 1.165) is 37.2 Å². The van der Waals surface area contributed by atoms with Gasteiger partial charge < -0.3 is 11.5 Å². The molecule has 3 aromatic rings. The first-order valence-corrected chi connectivity index (χ1v) is 16.0. The van der Waals surface area contributed by atoms with E-state index in [1.54, 1.807) is 0 Å². The lowest BCUT2D eigenvalue weighted by molar-refractivity contribution is 0.599. The molecule has 0 aliphatic rings. The standard InChI is InChI=1S/C16H18N4O8S4/c1-29(21,22)9-5-7(17)15(31(3,25)26)13-11(9)19-14-12(20-13)10(30(2,23)24)6-8(18)16(14)32(4,27)28/h5-6H,17-18H2,1-4H3. The summed E-state index contributed by atoms with van der Waals surface area (Å²) in [6.07, 6.45) is 3.22. The second-order valence-corrected chi connectivity index (χ2v) is 15.2. The molecule has 1 aromatic heterocycles. The van der Waals surface area contributed by atoms with Crippen LogP contribution in [0.3, 0.4) is 0 Å². The molecule has 174 valence electrons. The van der Waals surface area contributed by atoms with Crippen LogP contribution >= 0.6 is 0 Å². The van der Waals surface area contributed by atoms with Crippen LogP contribution in [0.1, 0.15) is 0 Å². The van der Waals surface area contributed by atoms with Crippen LogP contribution in [0.2, 0.25) is 0 Å². The minimum Gasteiger partial charge on any atom is -0.398 e. The van der Waals surface area contributed by atoms with Crippen LogP contribution in [0.5, 0.6) is 0 Å². The number of sulfone groups is 4. The Morgan fingerprint density at radius 1 is 0.531 bits per heavy atom. The van der Waals surface area contributed by atoms with Crippen LogP contribution in [0, 0.1) is 0 Å². The molecule has 0 spiro atoms. The molecule has 12 nitrogen and oxygen atoms in total. The van der Waals surface area contributed by atoms with E-state index in [1.807, 2.05) is 0 Å². The first-order valence-electron chi connectivity index (χ1n) is 8.41. The fraction of sp³-hybridized carbons (Fsp3) is 0.250. The van der Waals surface area contributed by atoms with Crippen molar-refractivity contribution in [1.29, 1.82) is 0 Å². The van der Waals surface area contributed by atoms with Crippen molar-refractivity contribution >= 4 is 72.8 Å². The van der Waals surface area contributed by atoms with Gasteiger partial charge in [-0.05, 0) is 12.1 Å². The zero-order valence-corrected chi connectivity index (χ0v) is 20.4. The molecule has 4 N–H and O–H groups in total. The maximum atomic E-state index is 12.4. The van der Waals surface area contributed by atoms with E-state index in [0.29, 0.717) is 0 Å². The van der Waals surface area contributed by atoms with Crippen molar-refractivity contribution in [3.63, 3.8) is 0 Å². The van der Waals surface area contributed by atoms with Gasteiger partial charge in [-0.2, -0.15) is 0 Å². The van der Waals surface area contributed by atoms with Gasteiger partial charge in [0.15, 0.2) is 39.3 Å². The largest absolute Gasteiger partial charge is 0.398 e. The van der Waals surface area contributed by atoms with Gasteiger partial charge in [-0.3, -0.25) is 0 Å². The number of nitrogen functional groups attached to an aromatic ring is 2. The number of rotatable bonds is 4. The molecule has 16 heteroatoms. The van der Waals surface area contributed by atoms with Crippen LogP contribution in [0.25, 0.3) is 22.1 Å². The van der Waals surface area contributed by atoms with Gasteiger partial charge in [0.2, 0.25) is 0 Å². The van der Waals surface area contributed by atoms with E-state index < -0.39 is 92.4 Å². The Morgan fingerprint density at radius 3 is 1.03 bits per heavy atom. The average molecular weight is 523 g/mol. The molecule has 0 atom stereocenters. The molecular weight excluding hydrogens is 504 g/mol. The molecule has 0 bridgehead atoms. The van der Waals surface area contributed by atoms with Crippen molar-refractivity contribution in [2.75, 3.05) is 36.5 Å². The Hall–Kier alpha value is -2.56. The number of anilines is 2. The second-order valence-electron chi connectivity index (χ2n) is 7.29. The highest BCUT2D eigenvalue weighted by Gasteiger charge is 2.29. The Labute approximate surface area is 184 Å². The third-order valence-electron chi connectivity index (χ3n) is 4.43. The Kier molecular flexibility index (Phi) is 5.24. The molecule has 0 aliphatic heterocycles. The summed E-state index contributed by atoms with van der Waals surface area (Å²) in [6, 6.07) is 1.75. The van der Waals surface area contributed by atoms with Gasteiger partial charge in [0, 0.05) is 25.0 Å². The van der Waals surface area contributed by atoms with E-state index in [4.69, 9.17) is 11.5 Å². The maximum absolute atomic E-state index is 12.4. The monoisotopic (exact) mass is 522 g/mol. The summed E-state index contributed by atoms with van der Waals surface area (Å²) >= 11 is 0. The minimum absolute atomic E-state index is 0.450. The predicted octanol–water partition coefficient (Wildman–Crippen LogP) is -0.439. The van der Waals surface area contributed by atoms with Crippen molar-refractivity contribution in [2.24, 2.45) is 0 Å². The van der Waals surface area contributed by atoms with Gasteiger partial charge in [0.1, 0.15) is 31.9 Å². The van der Waals surface area contributed by atoms with Crippen molar-refractivity contribution in [1.82, 2.24) is 9.97 Å². The SMILES string of the molecule is CS(=O)(=O)c1cc(N)c(S(C)(=O)=O)c2nc3c(S(C)(=O)=O)cc(N)c(S(C)(=O)=O)c3nc12. The molecule has 0 amide bonds. The molecule has 3 rings (SSSR count). The van der Waals surface area contributed by atoms with E-state index in [2.05, 4.69) is 9.97 Å². The zero-order chi connectivity index (χ0) is 24.6. The van der Waals surface area contributed by atoms with Gasteiger partial charge in [0.05, 0.1) is 21.2 Å². The first kappa shape index (κ1) is 24.1. The molecular formula is C16H18N4O8S4. The zero-order valence-electron chi connectivity index (χ0n) is 17.1. The predicted molar refractivity (Wildman–Crippen MR) is 118 cm³/mol. The third kappa shape index (κ3) is 3.98. The lowest BCUT2D eigenvalue weighted by Crippen LogP contribution is -2.13.